The highest BCUT2D eigenvalue weighted by Crippen LogP contribution is 2.16. The Morgan fingerprint density at radius 1 is 1.00 bits per heavy atom. The average molecular weight is 415 g/mol. The Labute approximate surface area is 175 Å². The lowest BCUT2D eigenvalue weighted by atomic mass is 10.1. The van der Waals surface area contributed by atoms with Gasteiger partial charge >= 0.3 is 0 Å². The fourth-order valence-corrected chi connectivity index (χ4v) is 4.64. The van der Waals surface area contributed by atoms with Crippen molar-refractivity contribution >= 4 is 41.0 Å². The van der Waals surface area contributed by atoms with Crippen LogP contribution in [0.1, 0.15) is 16.7 Å². The Kier molecular flexibility index (Phi) is 7.86. The molecule has 0 saturated carbocycles. The van der Waals surface area contributed by atoms with Gasteiger partial charge in [-0.05, 0) is 30.2 Å². The topological polar surface area (TPSA) is 49.4 Å². The molecule has 6 heteroatoms. The molecular weight excluding hydrogens is 388 g/mol. The number of hydrogen-bond acceptors (Lipinski definition) is 4. The zero-order valence-electron chi connectivity index (χ0n) is 16.1. The predicted molar refractivity (Wildman–Crippen MR) is 120 cm³/mol. The van der Waals surface area contributed by atoms with Gasteiger partial charge < -0.3 is 10.2 Å². The van der Waals surface area contributed by atoms with E-state index in [0.717, 1.165) is 41.6 Å². The average Bonchev–Trinajstić information content (AvgIpc) is 2.71. The van der Waals surface area contributed by atoms with Gasteiger partial charge in [0.05, 0.1) is 12.2 Å². The molecule has 1 N–H and O–H groups in total. The molecule has 0 aromatic heterocycles. The summed E-state index contributed by atoms with van der Waals surface area (Å²) in [6, 6.07) is 16.0. The molecule has 0 aliphatic carbocycles. The van der Waals surface area contributed by atoms with E-state index in [4.69, 9.17) is 0 Å². The van der Waals surface area contributed by atoms with E-state index in [1.165, 1.54) is 11.1 Å². The van der Waals surface area contributed by atoms with Crippen molar-refractivity contribution in [2.75, 3.05) is 35.7 Å². The summed E-state index contributed by atoms with van der Waals surface area (Å²) in [4.78, 5) is 26.4. The van der Waals surface area contributed by atoms with E-state index in [1.54, 1.807) is 11.8 Å². The molecule has 1 aliphatic rings. The maximum absolute atomic E-state index is 12.3. The van der Waals surface area contributed by atoms with Gasteiger partial charge in [0.25, 0.3) is 0 Å². The number of benzene rings is 2. The molecule has 148 valence electrons. The van der Waals surface area contributed by atoms with Crippen LogP contribution in [0.25, 0.3) is 0 Å². The van der Waals surface area contributed by atoms with Crippen LogP contribution in [0.3, 0.4) is 0 Å². The summed E-state index contributed by atoms with van der Waals surface area (Å²) in [5.74, 6) is 3.47. The maximum atomic E-state index is 12.3. The zero-order valence-corrected chi connectivity index (χ0v) is 17.8. The first-order valence-electron chi connectivity index (χ1n) is 9.48. The van der Waals surface area contributed by atoms with Crippen molar-refractivity contribution < 1.29 is 9.59 Å². The Balaban J connectivity index is 1.41. The number of nitrogens with one attached hydrogen (secondary N) is 1. The maximum Gasteiger partial charge on any atom is 0.234 e. The van der Waals surface area contributed by atoms with Crippen molar-refractivity contribution in [1.29, 1.82) is 0 Å². The Morgan fingerprint density at radius 3 is 2.32 bits per heavy atom. The van der Waals surface area contributed by atoms with Crippen molar-refractivity contribution in [1.82, 2.24) is 4.90 Å². The van der Waals surface area contributed by atoms with Crippen molar-refractivity contribution in [2.45, 2.75) is 19.1 Å². The third-order valence-corrected chi connectivity index (χ3v) is 6.53. The van der Waals surface area contributed by atoms with Crippen molar-refractivity contribution in [3.63, 3.8) is 0 Å². The van der Waals surface area contributed by atoms with Crippen molar-refractivity contribution in [3.05, 3.63) is 65.2 Å². The van der Waals surface area contributed by atoms with Gasteiger partial charge in [-0.15, -0.1) is 11.8 Å². The SMILES string of the molecule is Cc1ccc(CSCC(=O)Nc2ccc(CC(=O)N3CCSCC3)cc2)cc1. The van der Waals surface area contributed by atoms with Crippen molar-refractivity contribution in [2.24, 2.45) is 0 Å². The number of carbonyl (C=O) groups excluding carboxylic acids is 2. The van der Waals surface area contributed by atoms with Crippen LogP contribution in [0, 0.1) is 6.92 Å². The summed E-state index contributed by atoms with van der Waals surface area (Å²) in [5, 5.41) is 2.92. The van der Waals surface area contributed by atoms with Crippen molar-refractivity contribution in [3.8, 4) is 0 Å². The second-order valence-electron chi connectivity index (χ2n) is 6.89. The fourth-order valence-electron chi connectivity index (χ4n) is 2.95. The van der Waals surface area contributed by atoms with E-state index in [0.29, 0.717) is 12.2 Å². The van der Waals surface area contributed by atoms with Gasteiger partial charge in [-0.1, -0.05) is 42.0 Å². The third-order valence-electron chi connectivity index (χ3n) is 4.58. The zero-order chi connectivity index (χ0) is 19.8. The summed E-state index contributed by atoms with van der Waals surface area (Å²) < 4.78 is 0. The van der Waals surface area contributed by atoms with E-state index >= 15 is 0 Å². The number of hydrogen-bond donors (Lipinski definition) is 1. The highest BCUT2D eigenvalue weighted by molar-refractivity contribution is 7.99. The Bertz CT molecular complexity index is 785. The Morgan fingerprint density at radius 2 is 1.64 bits per heavy atom. The first-order chi connectivity index (χ1) is 13.6. The van der Waals surface area contributed by atoms with Gasteiger partial charge in [0.15, 0.2) is 0 Å². The van der Waals surface area contributed by atoms with E-state index in [-0.39, 0.29) is 11.8 Å². The molecule has 2 aromatic rings. The van der Waals surface area contributed by atoms with Gasteiger partial charge in [0.2, 0.25) is 11.8 Å². The van der Waals surface area contributed by atoms with Gasteiger partial charge in [-0.3, -0.25) is 9.59 Å². The summed E-state index contributed by atoms with van der Waals surface area (Å²) in [6.45, 7) is 3.76. The Hall–Kier alpha value is -1.92. The number of thioether (sulfide) groups is 2. The van der Waals surface area contributed by atoms with Gasteiger partial charge in [-0.25, -0.2) is 0 Å². The molecule has 28 heavy (non-hydrogen) atoms. The number of amides is 2. The third kappa shape index (κ3) is 6.60. The minimum absolute atomic E-state index is 0.00763. The van der Waals surface area contributed by atoms with Gasteiger partial charge in [0.1, 0.15) is 0 Å². The smallest absolute Gasteiger partial charge is 0.234 e. The van der Waals surface area contributed by atoms with Crippen LogP contribution in [-0.2, 0) is 21.8 Å². The summed E-state index contributed by atoms with van der Waals surface area (Å²) in [6.07, 6.45) is 0.422. The van der Waals surface area contributed by atoms with E-state index in [2.05, 4.69) is 36.5 Å². The predicted octanol–water partition coefficient (Wildman–Crippen LogP) is 3.98. The highest BCUT2D eigenvalue weighted by Gasteiger charge is 2.16. The van der Waals surface area contributed by atoms with E-state index in [9.17, 15) is 9.59 Å². The lowest BCUT2D eigenvalue weighted by Crippen LogP contribution is -2.38. The summed E-state index contributed by atoms with van der Waals surface area (Å²) in [7, 11) is 0. The van der Waals surface area contributed by atoms with Crippen LogP contribution in [0.5, 0.6) is 0 Å². The van der Waals surface area contributed by atoms with E-state index < -0.39 is 0 Å². The largest absolute Gasteiger partial charge is 0.341 e. The molecule has 1 aliphatic heterocycles. The molecule has 1 heterocycles. The normalized spacial score (nSPS) is 14.0. The monoisotopic (exact) mass is 414 g/mol. The van der Waals surface area contributed by atoms with Gasteiger partial charge in [0, 0.05) is 36.0 Å². The molecule has 3 rings (SSSR count). The standard InChI is InChI=1S/C22H26N2O2S2/c1-17-2-4-19(5-3-17)15-28-16-21(25)23-20-8-6-18(7-9-20)14-22(26)24-10-12-27-13-11-24/h2-9H,10-16H2,1H3,(H,23,25). The second kappa shape index (κ2) is 10.6. The molecule has 2 amide bonds. The molecule has 1 fully saturated rings. The molecule has 0 unspecified atom stereocenters. The molecule has 0 radical (unpaired) electrons. The lowest BCUT2D eigenvalue weighted by Gasteiger charge is -2.26. The minimum Gasteiger partial charge on any atom is -0.341 e. The number of rotatable bonds is 7. The summed E-state index contributed by atoms with van der Waals surface area (Å²) in [5.41, 5.74) is 4.22. The molecule has 2 aromatic carbocycles. The quantitative estimate of drug-likeness (QED) is 0.744. The number of anilines is 1. The molecular formula is C22H26N2O2S2. The van der Waals surface area contributed by atoms with E-state index in [1.807, 2.05) is 40.9 Å². The van der Waals surface area contributed by atoms with Crippen LogP contribution in [0.2, 0.25) is 0 Å². The fraction of sp³-hybridized carbons (Fsp3) is 0.364. The van der Waals surface area contributed by atoms with Crippen LogP contribution in [0.15, 0.2) is 48.5 Å². The van der Waals surface area contributed by atoms with Crippen LogP contribution >= 0.6 is 23.5 Å². The highest BCUT2D eigenvalue weighted by atomic mass is 32.2. The molecule has 1 saturated heterocycles. The molecule has 0 spiro atoms. The molecule has 0 atom stereocenters. The first kappa shape index (κ1) is 20.8. The minimum atomic E-state index is -0.00763. The molecule has 0 bridgehead atoms. The molecule has 4 nitrogen and oxygen atoms in total. The number of aryl methyl sites for hydroxylation is 1. The summed E-state index contributed by atoms with van der Waals surface area (Å²) >= 11 is 3.50. The lowest BCUT2D eigenvalue weighted by molar-refractivity contribution is -0.130. The van der Waals surface area contributed by atoms with Crippen LogP contribution in [-0.4, -0.2) is 47.1 Å². The second-order valence-corrected chi connectivity index (χ2v) is 9.10. The first-order valence-corrected chi connectivity index (χ1v) is 11.8. The number of nitrogens with zero attached hydrogens (tertiary/aromatic N) is 1. The van der Waals surface area contributed by atoms with Crippen LogP contribution < -0.4 is 5.32 Å². The number of carbonyl (C=O) groups is 2. The van der Waals surface area contributed by atoms with Crippen LogP contribution in [0.4, 0.5) is 5.69 Å². The van der Waals surface area contributed by atoms with Gasteiger partial charge in [-0.2, -0.15) is 11.8 Å².